The van der Waals surface area contributed by atoms with Gasteiger partial charge in [0.25, 0.3) is 0 Å². The molecule has 3 nitrogen and oxygen atoms in total. The second-order valence-electron chi connectivity index (χ2n) is 4.85. The Balaban J connectivity index is 2.01. The highest BCUT2D eigenvalue weighted by molar-refractivity contribution is 6.12. The Bertz CT molecular complexity index is 806. The molecule has 0 atom stereocenters. The zero-order chi connectivity index (χ0) is 15.5. The molecular formula is C18H14FNO2. The molecule has 0 aliphatic carbocycles. The first kappa shape index (κ1) is 14.1. The minimum Gasteiger partial charge on any atom is -0.497 e. The van der Waals surface area contributed by atoms with Gasteiger partial charge >= 0.3 is 0 Å². The zero-order valence-electron chi connectivity index (χ0n) is 12.0. The number of benzene rings is 2. The number of methoxy groups -OCH3 is 1. The lowest BCUT2D eigenvalue weighted by atomic mass is 9.98. The van der Waals surface area contributed by atoms with Crippen LogP contribution < -0.4 is 4.74 Å². The van der Waals surface area contributed by atoms with Crippen LogP contribution in [0.3, 0.4) is 0 Å². The molecule has 1 aromatic heterocycles. The summed E-state index contributed by atoms with van der Waals surface area (Å²) in [5, 5.41) is 0. The maximum atomic E-state index is 13.0. The van der Waals surface area contributed by atoms with Crippen LogP contribution in [-0.2, 0) is 0 Å². The summed E-state index contributed by atoms with van der Waals surface area (Å²) in [5.41, 5.74) is 2.66. The number of hydrogen-bond acceptors (Lipinski definition) is 2. The van der Waals surface area contributed by atoms with Gasteiger partial charge in [0.1, 0.15) is 11.6 Å². The van der Waals surface area contributed by atoms with Gasteiger partial charge in [-0.15, -0.1) is 0 Å². The number of aromatic amines is 1. The van der Waals surface area contributed by atoms with Crippen LogP contribution in [0, 0.1) is 5.82 Å². The molecule has 1 N–H and O–H groups in total. The molecule has 0 spiro atoms. The number of carbonyl (C=O) groups excluding carboxylic acids is 1. The molecule has 0 radical (unpaired) electrons. The highest BCUT2D eigenvalue weighted by Gasteiger charge is 2.16. The van der Waals surface area contributed by atoms with E-state index in [4.69, 9.17) is 4.74 Å². The summed E-state index contributed by atoms with van der Waals surface area (Å²) in [4.78, 5) is 15.6. The lowest BCUT2D eigenvalue weighted by Gasteiger charge is -2.06. The van der Waals surface area contributed by atoms with E-state index in [9.17, 15) is 9.18 Å². The van der Waals surface area contributed by atoms with Crippen LogP contribution in [0.1, 0.15) is 15.9 Å². The van der Waals surface area contributed by atoms with E-state index in [1.165, 1.54) is 24.3 Å². The molecule has 3 rings (SSSR count). The fourth-order valence-electron chi connectivity index (χ4n) is 2.34. The van der Waals surface area contributed by atoms with Crippen molar-refractivity contribution < 1.29 is 13.9 Å². The van der Waals surface area contributed by atoms with Crippen molar-refractivity contribution in [1.82, 2.24) is 4.98 Å². The summed E-state index contributed by atoms with van der Waals surface area (Å²) in [5.74, 6) is 0.205. The lowest BCUT2D eigenvalue weighted by Crippen LogP contribution is -2.01. The normalized spacial score (nSPS) is 10.5. The molecule has 22 heavy (non-hydrogen) atoms. The highest BCUT2D eigenvalue weighted by Crippen LogP contribution is 2.28. The van der Waals surface area contributed by atoms with Gasteiger partial charge in [0.15, 0.2) is 5.78 Å². The summed E-state index contributed by atoms with van der Waals surface area (Å²) < 4.78 is 18.2. The first-order valence-electron chi connectivity index (χ1n) is 6.80. The Kier molecular flexibility index (Phi) is 3.74. The lowest BCUT2D eigenvalue weighted by molar-refractivity contribution is 0.103. The Morgan fingerprint density at radius 2 is 1.86 bits per heavy atom. The smallest absolute Gasteiger partial charge is 0.195 e. The van der Waals surface area contributed by atoms with E-state index in [-0.39, 0.29) is 11.6 Å². The van der Waals surface area contributed by atoms with Crippen LogP contribution in [0.25, 0.3) is 11.1 Å². The fourth-order valence-corrected chi connectivity index (χ4v) is 2.34. The van der Waals surface area contributed by atoms with Crippen molar-refractivity contribution in [2.24, 2.45) is 0 Å². The number of halogens is 1. The van der Waals surface area contributed by atoms with Gasteiger partial charge in [0.05, 0.1) is 7.11 Å². The quantitative estimate of drug-likeness (QED) is 0.737. The van der Waals surface area contributed by atoms with Gasteiger partial charge in [-0.1, -0.05) is 12.1 Å². The number of nitrogens with one attached hydrogen (secondary N) is 1. The molecule has 0 saturated carbocycles. The Morgan fingerprint density at radius 1 is 1.09 bits per heavy atom. The molecule has 110 valence electrons. The molecule has 0 aliphatic rings. The van der Waals surface area contributed by atoms with E-state index >= 15 is 0 Å². The van der Waals surface area contributed by atoms with Crippen molar-refractivity contribution in [1.29, 1.82) is 0 Å². The van der Waals surface area contributed by atoms with Gasteiger partial charge in [-0.2, -0.15) is 0 Å². The second-order valence-corrected chi connectivity index (χ2v) is 4.85. The van der Waals surface area contributed by atoms with Gasteiger partial charge in [0, 0.05) is 29.1 Å². The maximum Gasteiger partial charge on any atom is 0.195 e. The first-order chi connectivity index (χ1) is 10.7. The molecule has 0 amide bonds. The van der Waals surface area contributed by atoms with Crippen LogP contribution in [0.4, 0.5) is 4.39 Å². The van der Waals surface area contributed by atoms with E-state index in [0.717, 1.165) is 16.9 Å². The van der Waals surface area contributed by atoms with E-state index in [0.29, 0.717) is 11.1 Å². The van der Waals surface area contributed by atoms with Crippen molar-refractivity contribution in [2.75, 3.05) is 7.11 Å². The Morgan fingerprint density at radius 3 is 2.59 bits per heavy atom. The van der Waals surface area contributed by atoms with Crippen molar-refractivity contribution in [3.63, 3.8) is 0 Å². The van der Waals surface area contributed by atoms with E-state index in [1.807, 2.05) is 24.3 Å². The molecule has 0 unspecified atom stereocenters. The predicted molar refractivity (Wildman–Crippen MR) is 82.6 cm³/mol. The van der Waals surface area contributed by atoms with Gasteiger partial charge in [-0.25, -0.2) is 4.39 Å². The summed E-state index contributed by atoms with van der Waals surface area (Å²) in [6.45, 7) is 0. The number of H-pyrrole nitrogens is 1. The molecule has 0 saturated heterocycles. The second kappa shape index (κ2) is 5.85. The average Bonchev–Trinajstić information content (AvgIpc) is 3.04. The zero-order valence-corrected chi connectivity index (χ0v) is 12.0. The number of ketones is 1. The van der Waals surface area contributed by atoms with Crippen LogP contribution in [0.15, 0.2) is 60.9 Å². The minimum atomic E-state index is -0.362. The van der Waals surface area contributed by atoms with Crippen molar-refractivity contribution in [2.45, 2.75) is 0 Å². The number of ether oxygens (including phenoxy) is 1. The summed E-state index contributed by atoms with van der Waals surface area (Å²) in [6, 6.07) is 13.0. The van der Waals surface area contributed by atoms with Crippen LogP contribution in [0.2, 0.25) is 0 Å². The topological polar surface area (TPSA) is 42.1 Å². The minimum absolute atomic E-state index is 0.154. The monoisotopic (exact) mass is 295 g/mol. The Labute approximate surface area is 127 Å². The average molecular weight is 295 g/mol. The molecule has 4 heteroatoms. The SMILES string of the molecule is COc1cccc(-c2c[nH]cc2C(=O)c2ccc(F)cc2)c1. The number of rotatable bonds is 4. The molecule has 2 aromatic carbocycles. The van der Waals surface area contributed by atoms with Gasteiger partial charge < -0.3 is 9.72 Å². The third-order valence-corrected chi connectivity index (χ3v) is 3.48. The fraction of sp³-hybridized carbons (Fsp3) is 0.0556. The number of carbonyl (C=O) groups is 1. The summed E-state index contributed by atoms with van der Waals surface area (Å²) >= 11 is 0. The van der Waals surface area contributed by atoms with Crippen LogP contribution >= 0.6 is 0 Å². The van der Waals surface area contributed by atoms with Crippen molar-refractivity contribution in [3.8, 4) is 16.9 Å². The van der Waals surface area contributed by atoms with E-state index in [1.54, 1.807) is 19.5 Å². The first-order valence-corrected chi connectivity index (χ1v) is 6.80. The molecule has 3 aromatic rings. The number of hydrogen-bond donors (Lipinski definition) is 1. The van der Waals surface area contributed by atoms with Crippen molar-refractivity contribution >= 4 is 5.78 Å². The predicted octanol–water partition coefficient (Wildman–Crippen LogP) is 4.06. The maximum absolute atomic E-state index is 13.0. The summed E-state index contributed by atoms with van der Waals surface area (Å²) in [7, 11) is 1.60. The third-order valence-electron chi connectivity index (χ3n) is 3.48. The number of aromatic nitrogens is 1. The third kappa shape index (κ3) is 2.63. The molecule has 0 bridgehead atoms. The molecule has 0 aliphatic heterocycles. The van der Waals surface area contributed by atoms with Gasteiger partial charge in [-0.3, -0.25) is 4.79 Å². The van der Waals surface area contributed by atoms with Crippen molar-refractivity contribution in [3.05, 3.63) is 77.9 Å². The highest BCUT2D eigenvalue weighted by atomic mass is 19.1. The molecule has 1 heterocycles. The van der Waals surface area contributed by atoms with E-state index < -0.39 is 0 Å². The summed E-state index contributed by atoms with van der Waals surface area (Å²) in [6.07, 6.45) is 3.42. The van der Waals surface area contributed by atoms with Gasteiger partial charge in [-0.05, 0) is 42.0 Å². The van der Waals surface area contributed by atoms with E-state index in [2.05, 4.69) is 4.98 Å². The van der Waals surface area contributed by atoms with Crippen LogP contribution in [0.5, 0.6) is 5.75 Å². The standard InChI is InChI=1S/C18H14FNO2/c1-22-15-4-2-3-13(9-15)16-10-20-11-17(16)18(21)12-5-7-14(19)8-6-12/h2-11,20H,1H3. The largest absolute Gasteiger partial charge is 0.497 e. The van der Waals surface area contributed by atoms with Gasteiger partial charge in [0.2, 0.25) is 0 Å². The molecular weight excluding hydrogens is 281 g/mol. The van der Waals surface area contributed by atoms with Crippen LogP contribution in [-0.4, -0.2) is 17.9 Å². The Hall–Kier alpha value is -2.88. The molecule has 0 fully saturated rings.